The summed E-state index contributed by atoms with van der Waals surface area (Å²) >= 11 is 0. The van der Waals surface area contributed by atoms with Gasteiger partial charge in [-0.15, -0.1) is 0 Å². The van der Waals surface area contributed by atoms with E-state index < -0.39 is 11.9 Å². The van der Waals surface area contributed by atoms with Crippen molar-refractivity contribution in [3.05, 3.63) is 0 Å². The molecule has 0 spiro atoms. The molecule has 0 radical (unpaired) electrons. The number of carboxylic acids is 1. The molecule has 18 heavy (non-hydrogen) atoms. The van der Waals surface area contributed by atoms with Crippen molar-refractivity contribution in [2.45, 2.75) is 57.9 Å². The van der Waals surface area contributed by atoms with Gasteiger partial charge in [-0.1, -0.05) is 12.8 Å². The Labute approximate surface area is 108 Å². The first-order valence-electron chi connectivity index (χ1n) is 7.14. The van der Waals surface area contributed by atoms with E-state index in [4.69, 9.17) is 0 Å². The molecule has 102 valence electrons. The summed E-state index contributed by atoms with van der Waals surface area (Å²) in [5.41, 5.74) is 0. The van der Waals surface area contributed by atoms with E-state index in [1.807, 2.05) is 4.90 Å². The summed E-state index contributed by atoms with van der Waals surface area (Å²) in [6.07, 6.45) is 6.63. The van der Waals surface area contributed by atoms with Gasteiger partial charge in [-0.25, -0.2) is 0 Å². The molecule has 1 heterocycles. The van der Waals surface area contributed by atoms with E-state index in [0.29, 0.717) is 6.42 Å². The number of hydrogen-bond acceptors (Lipinski definition) is 2. The van der Waals surface area contributed by atoms with Gasteiger partial charge in [0.15, 0.2) is 0 Å². The van der Waals surface area contributed by atoms with Crippen LogP contribution in [-0.4, -0.2) is 34.5 Å². The fourth-order valence-electron chi connectivity index (χ4n) is 3.36. The first-order valence-corrected chi connectivity index (χ1v) is 7.14. The van der Waals surface area contributed by atoms with Crippen molar-refractivity contribution in [1.29, 1.82) is 0 Å². The summed E-state index contributed by atoms with van der Waals surface area (Å²) in [5.74, 6) is -1.44. The van der Waals surface area contributed by atoms with Crippen molar-refractivity contribution >= 4 is 11.9 Å². The maximum absolute atomic E-state index is 12.5. The predicted octanol–water partition coefficient (Wildman–Crippen LogP) is 2.28. The number of piperidine rings is 1. The quantitative estimate of drug-likeness (QED) is 0.821. The molecule has 0 unspecified atom stereocenters. The fourth-order valence-corrected chi connectivity index (χ4v) is 3.36. The van der Waals surface area contributed by atoms with Crippen molar-refractivity contribution < 1.29 is 14.7 Å². The normalized spacial score (nSPS) is 33.2. The molecule has 2 aliphatic rings. The molecule has 3 atom stereocenters. The third-order valence-electron chi connectivity index (χ3n) is 4.49. The average molecular weight is 253 g/mol. The molecule has 1 N–H and O–H groups in total. The van der Waals surface area contributed by atoms with Crippen LogP contribution in [0.3, 0.4) is 0 Å². The molecule has 4 heteroatoms. The zero-order chi connectivity index (χ0) is 13.1. The van der Waals surface area contributed by atoms with Crippen LogP contribution >= 0.6 is 0 Å². The number of likely N-dealkylation sites (tertiary alicyclic amines) is 1. The minimum Gasteiger partial charge on any atom is -0.481 e. The Balaban J connectivity index is 2.07. The van der Waals surface area contributed by atoms with E-state index in [1.165, 1.54) is 6.42 Å². The molecule has 1 saturated carbocycles. The van der Waals surface area contributed by atoms with Gasteiger partial charge in [-0.3, -0.25) is 9.59 Å². The van der Waals surface area contributed by atoms with Crippen LogP contribution in [0.15, 0.2) is 0 Å². The van der Waals surface area contributed by atoms with E-state index in [1.54, 1.807) is 0 Å². The number of rotatable bonds is 2. The molecule has 0 aromatic rings. The Morgan fingerprint density at radius 3 is 2.22 bits per heavy atom. The summed E-state index contributed by atoms with van der Waals surface area (Å²) in [6.45, 7) is 2.89. The third kappa shape index (κ3) is 2.68. The topological polar surface area (TPSA) is 57.6 Å². The van der Waals surface area contributed by atoms with Crippen LogP contribution in [0.4, 0.5) is 0 Å². The first kappa shape index (κ1) is 13.4. The van der Waals surface area contributed by atoms with Gasteiger partial charge in [0, 0.05) is 12.6 Å². The highest BCUT2D eigenvalue weighted by Crippen LogP contribution is 2.33. The Kier molecular flexibility index (Phi) is 4.25. The second kappa shape index (κ2) is 5.72. The van der Waals surface area contributed by atoms with E-state index in [9.17, 15) is 14.7 Å². The lowest BCUT2D eigenvalue weighted by atomic mass is 9.78. The number of amides is 1. The lowest BCUT2D eigenvalue weighted by Crippen LogP contribution is -2.48. The summed E-state index contributed by atoms with van der Waals surface area (Å²) < 4.78 is 0. The maximum atomic E-state index is 12.5. The molecule has 1 saturated heterocycles. The van der Waals surface area contributed by atoms with Crippen LogP contribution in [0.1, 0.15) is 51.9 Å². The van der Waals surface area contributed by atoms with E-state index in [-0.39, 0.29) is 17.9 Å². The van der Waals surface area contributed by atoms with Crippen LogP contribution < -0.4 is 0 Å². The molecule has 2 rings (SSSR count). The van der Waals surface area contributed by atoms with Crippen molar-refractivity contribution in [3.8, 4) is 0 Å². The number of carbonyl (C=O) groups is 2. The van der Waals surface area contributed by atoms with Crippen molar-refractivity contribution in [2.75, 3.05) is 6.54 Å². The van der Waals surface area contributed by atoms with Crippen molar-refractivity contribution in [2.24, 2.45) is 11.8 Å². The van der Waals surface area contributed by atoms with E-state index in [0.717, 1.165) is 38.6 Å². The molecule has 1 amide bonds. The molecule has 0 bridgehead atoms. The standard InChI is InChI=1S/C14H23NO3/c1-10-6-4-5-9-15(10)13(16)11-7-2-3-8-12(11)14(17)18/h10-12H,2-9H2,1H3,(H,17,18)/t10-,11+,12+/m1/s1. The molecule has 0 aromatic carbocycles. The second-order valence-electron chi connectivity index (χ2n) is 5.71. The Morgan fingerprint density at radius 1 is 1.00 bits per heavy atom. The average Bonchev–Trinajstić information content (AvgIpc) is 2.38. The van der Waals surface area contributed by atoms with Crippen molar-refractivity contribution in [3.63, 3.8) is 0 Å². The Morgan fingerprint density at radius 2 is 1.61 bits per heavy atom. The van der Waals surface area contributed by atoms with Crippen LogP contribution in [0.5, 0.6) is 0 Å². The molecule has 4 nitrogen and oxygen atoms in total. The molecule has 1 aliphatic heterocycles. The second-order valence-corrected chi connectivity index (χ2v) is 5.71. The van der Waals surface area contributed by atoms with Crippen LogP contribution in [0.2, 0.25) is 0 Å². The zero-order valence-corrected chi connectivity index (χ0v) is 11.1. The highest BCUT2D eigenvalue weighted by molar-refractivity contribution is 5.85. The number of carboxylic acid groups (broad SMARTS) is 1. The molecular formula is C14H23NO3. The van der Waals surface area contributed by atoms with E-state index >= 15 is 0 Å². The number of aliphatic carboxylic acids is 1. The number of carbonyl (C=O) groups excluding carboxylic acids is 1. The van der Waals surface area contributed by atoms with Gasteiger partial charge < -0.3 is 10.0 Å². The highest BCUT2D eigenvalue weighted by atomic mass is 16.4. The summed E-state index contributed by atoms with van der Waals surface area (Å²) in [4.78, 5) is 25.7. The van der Waals surface area contributed by atoms with Crippen LogP contribution in [0, 0.1) is 11.8 Å². The zero-order valence-electron chi connectivity index (χ0n) is 11.1. The van der Waals surface area contributed by atoms with Crippen LogP contribution in [0.25, 0.3) is 0 Å². The van der Waals surface area contributed by atoms with Gasteiger partial charge in [0.05, 0.1) is 11.8 Å². The third-order valence-corrected chi connectivity index (χ3v) is 4.49. The fraction of sp³-hybridized carbons (Fsp3) is 0.857. The molecule has 0 aromatic heterocycles. The predicted molar refractivity (Wildman–Crippen MR) is 68.1 cm³/mol. The van der Waals surface area contributed by atoms with Gasteiger partial charge in [0.2, 0.25) is 5.91 Å². The summed E-state index contributed by atoms with van der Waals surface area (Å²) in [5, 5.41) is 9.25. The lowest BCUT2D eigenvalue weighted by Gasteiger charge is -2.38. The lowest BCUT2D eigenvalue weighted by molar-refractivity contribution is -0.153. The summed E-state index contributed by atoms with van der Waals surface area (Å²) in [7, 11) is 0. The monoisotopic (exact) mass is 253 g/mol. The Hall–Kier alpha value is -1.06. The van der Waals surface area contributed by atoms with Gasteiger partial charge in [-0.2, -0.15) is 0 Å². The summed E-state index contributed by atoms with van der Waals surface area (Å²) in [6, 6.07) is 0.280. The van der Waals surface area contributed by atoms with Gasteiger partial charge >= 0.3 is 5.97 Å². The Bertz CT molecular complexity index is 329. The smallest absolute Gasteiger partial charge is 0.307 e. The largest absolute Gasteiger partial charge is 0.481 e. The SMILES string of the molecule is C[C@@H]1CCCCN1C(=O)[C@H]1CCCC[C@@H]1C(=O)O. The van der Waals surface area contributed by atoms with Gasteiger partial charge in [0.1, 0.15) is 0 Å². The molecule has 1 aliphatic carbocycles. The van der Waals surface area contributed by atoms with Crippen LogP contribution in [-0.2, 0) is 9.59 Å². The number of nitrogens with zero attached hydrogens (tertiary/aromatic N) is 1. The van der Waals surface area contributed by atoms with Crippen molar-refractivity contribution in [1.82, 2.24) is 4.90 Å². The number of hydrogen-bond donors (Lipinski definition) is 1. The minimum atomic E-state index is -0.794. The van der Waals surface area contributed by atoms with Gasteiger partial charge in [-0.05, 0) is 39.0 Å². The molecule has 2 fully saturated rings. The van der Waals surface area contributed by atoms with E-state index in [2.05, 4.69) is 6.92 Å². The highest BCUT2D eigenvalue weighted by Gasteiger charge is 2.39. The first-order chi connectivity index (χ1) is 8.61. The molecular weight excluding hydrogens is 230 g/mol. The minimum absolute atomic E-state index is 0.0919. The van der Waals surface area contributed by atoms with Gasteiger partial charge in [0.25, 0.3) is 0 Å². The maximum Gasteiger partial charge on any atom is 0.307 e.